The summed E-state index contributed by atoms with van der Waals surface area (Å²) in [6.45, 7) is 3.74. The number of aryl methyl sites for hydroxylation is 1. The van der Waals surface area contributed by atoms with Crippen molar-refractivity contribution in [1.82, 2.24) is 4.57 Å². The second-order valence-electron chi connectivity index (χ2n) is 3.33. The van der Waals surface area contributed by atoms with E-state index in [2.05, 4.69) is 60.8 Å². The molecule has 0 saturated heterocycles. The molecule has 2 aromatic rings. The molecule has 1 aromatic heterocycles. The Labute approximate surface area is 84.3 Å². The molecule has 1 nitrogen and oxygen atoms in total. The van der Waals surface area contributed by atoms with E-state index >= 15 is 0 Å². The molecule has 0 radical (unpaired) electrons. The maximum Gasteiger partial charge on any atom is 0.0477 e. The zero-order valence-electron chi connectivity index (χ0n) is 8.27. The molecule has 1 heterocycles. The molecule has 0 aliphatic rings. The number of hydrogen-bond acceptors (Lipinski definition) is 0. The molecule has 0 spiro atoms. The van der Waals surface area contributed by atoms with Crippen molar-refractivity contribution < 1.29 is 0 Å². The van der Waals surface area contributed by atoms with Crippen molar-refractivity contribution in [3.05, 3.63) is 54.7 Å². The van der Waals surface area contributed by atoms with Gasteiger partial charge in [-0.25, -0.2) is 0 Å². The van der Waals surface area contributed by atoms with Crippen LogP contribution in [0, 0.1) is 0 Å². The highest BCUT2D eigenvalue weighted by Gasteiger charge is 1.99. The molecule has 0 bridgehead atoms. The summed E-state index contributed by atoms with van der Waals surface area (Å²) in [6, 6.07) is 12.6. The summed E-state index contributed by atoms with van der Waals surface area (Å²) >= 11 is 0. The summed E-state index contributed by atoms with van der Waals surface area (Å²) in [5.74, 6) is 0. The third-order valence-electron chi connectivity index (χ3n) is 2.39. The van der Waals surface area contributed by atoms with Crippen molar-refractivity contribution in [2.24, 2.45) is 7.05 Å². The molecular weight excluding hydrogens is 170 g/mol. The van der Waals surface area contributed by atoms with Crippen molar-refractivity contribution in [2.75, 3.05) is 0 Å². The zero-order chi connectivity index (χ0) is 9.97. The fraction of sp³-hybridized carbons (Fsp3) is 0.0769. The van der Waals surface area contributed by atoms with E-state index in [0.29, 0.717) is 0 Å². The van der Waals surface area contributed by atoms with Crippen LogP contribution in [0.5, 0.6) is 0 Å². The number of hydrogen-bond donors (Lipinski definition) is 0. The first-order valence-corrected chi connectivity index (χ1v) is 4.65. The summed E-state index contributed by atoms with van der Waals surface area (Å²) in [7, 11) is 2.05. The average molecular weight is 183 g/mol. The summed E-state index contributed by atoms with van der Waals surface area (Å²) in [4.78, 5) is 0. The summed E-state index contributed by atoms with van der Waals surface area (Å²) < 4.78 is 2.11. The van der Waals surface area contributed by atoms with Crippen molar-refractivity contribution in [2.45, 2.75) is 0 Å². The summed E-state index contributed by atoms with van der Waals surface area (Å²) in [6.07, 6.45) is 3.91. The van der Waals surface area contributed by atoms with Gasteiger partial charge in [-0.3, -0.25) is 0 Å². The average Bonchev–Trinajstić information content (AvgIpc) is 2.65. The molecule has 0 fully saturated rings. The third kappa shape index (κ3) is 1.49. The molecular formula is C13H13N. The lowest BCUT2D eigenvalue weighted by molar-refractivity contribution is 0.937. The summed E-state index contributed by atoms with van der Waals surface area (Å²) in [5, 5.41) is 0. The van der Waals surface area contributed by atoms with Crippen LogP contribution in [0.4, 0.5) is 0 Å². The zero-order valence-corrected chi connectivity index (χ0v) is 8.27. The lowest BCUT2D eigenvalue weighted by Gasteiger charge is -2.03. The van der Waals surface area contributed by atoms with Crippen molar-refractivity contribution in [3.8, 4) is 11.3 Å². The molecule has 0 atom stereocenters. The number of aromatic nitrogens is 1. The van der Waals surface area contributed by atoms with Gasteiger partial charge in [0.2, 0.25) is 0 Å². The van der Waals surface area contributed by atoms with Crippen LogP contribution in [-0.2, 0) is 7.05 Å². The van der Waals surface area contributed by atoms with Crippen LogP contribution < -0.4 is 0 Å². The van der Waals surface area contributed by atoms with E-state index in [9.17, 15) is 0 Å². The Hall–Kier alpha value is -1.76. The van der Waals surface area contributed by atoms with E-state index in [4.69, 9.17) is 0 Å². The molecule has 70 valence electrons. The maximum absolute atomic E-state index is 3.74. The molecule has 0 aliphatic heterocycles. The monoisotopic (exact) mass is 183 g/mol. The van der Waals surface area contributed by atoms with Gasteiger partial charge in [0.25, 0.3) is 0 Å². The summed E-state index contributed by atoms with van der Waals surface area (Å²) in [5.41, 5.74) is 3.63. The molecule has 1 aromatic carbocycles. The standard InChI is InChI=1S/C13H13N/c1-3-11-6-8-12(9-7-11)13-5-4-10-14(13)2/h3-10H,1H2,2H3. The van der Waals surface area contributed by atoms with E-state index in [1.807, 2.05) is 6.08 Å². The Balaban J connectivity index is 2.43. The highest BCUT2D eigenvalue weighted by molar-refractivity contribution is 5.62. The van der Waals surface area contributed by atoms with Gasteiger partial charge in [0, 0.05) is 18.9 Å². The number of rotatable bonds is 2. The van der Waals surface area contributed by atoms with Crippen LogP contribution >= 0.6 is 0 Å². The Morgan fingerprint density at radius 1 is 1.14 bits per heavy atom. The lowest BCUT2D eigenvalue weighted by Crippen LogP contribution is -1.88. The molecule has 0 N–H and O–H groups in total. The van der Waals surface area contributed by atoms with Crippen LogP contribution in [0.2, 0.25) is 0 Å². The van der Waals surface area contributed by atoms with Crippen molar-refractivity contribution in [1.29, 1.82) is 0 Å². The van der Waals surface area contributed by atoms with Gasteiger partial charge in [-0.05, 0) is 23.3 Å². The van der Waals surface area contributed by atoms with Gasteiger partial charge in [0.05, 0.1) is 0 Å². The molecule has 0 amide bonds. The second-order valence-corrected chi connectivity index (χ2v) is 3.33. The third-order valence-corrected chi connectivity index (χ3v) is 2.39. The van der Waals surface area contributed by atoms with Gasteiger partial charge in [0.15, 0.2) is 0 Å². The maximum atomic E-state index is 3.74. The smallest absolute Gasteiger partial charge is 0.0477 e. The second kappa shape index (κ2) is 3.54. The minimum absolute atomic E-state index is 1.16. The topological polar surface area (TPSA) is 4.93 Å². The van der Waals surface area contributed by atoms with E-state index in [0.717, 1.165) is 5.56 Å². The van der Waals surface area contributed by atoms with E-state index in [1.165, 1.54) is 11.3 Å². The normalized spacial score (nSPS) is 10.1. The van der Waals surface area contributed by atoms with Gasteiger partial charge in [-0.2, -0.15) is 0 Å². The molecule has 0 aliphatic carbocycles. The first-order valence-electron chi connectivity index (χ1n) is 4.65. The minimum atomic E-state index is 1.16. The number of nitrogens with zero attached hydrogens (tertiary/aromatic N) is 1. The van der Waals surface area contributed by atoms with Crippen LogP contribution in [0.1, 0.15) is 5.56 Å². The van der Waals surface area contributed by atoms with Gasteiger partial charge in [0.1, 0.15) is 0 Å². The highest BCUT2D eigenvalue weighted by atomic mass is 14.9. The van der Waals surface area contributed by atoms with Crippen LogP contribution in [0.3, 0.4) is 0 Å². The molecule has 2 rings (SSSR count). The van der Waals surface area contributed by atoms with Crippen LogP contribution in [-0.4, -0.2) is 4.57 Å². The van der Waals surface area contributed by atoms with Crippen molar-refractivity contribution >= 4 is 6.08 Å². The minimum Gasteiger partial charge on any atom is -0.351 e. The van der Waals surface area contributed by atoms with E-state index < -0.39 is 0 Å². The van der Waals surface area contributed by atoms with Gasteiger partial charge < -0.3 is 4.57 Å². The number of benzene rings is 1. The largest absolute Gasteiger partial charge is 0.351 e. The first-order chi connectivity index (χ1) is 6.81. The Kier molecular flexibility index (Phi) is 2.23. The highest BCUT2D eigenvalue weighted by Crippen LogP contribution is 2.19. The van der Waals surface area contributed by atoms with Crippen molar-refractivity contribution in [3.63, 3.8) is 0 Å². The molecule has 14 heavy (non-hydrogen) atoms. The van der Waals surface area contributed by atoms with Crippen LogP contribution in [0.15, 0.2) is 49.2 Å². The predicted octanol–water partition coefficient (Wildman–Crippen LogP) is 3.34. The fourth-order valence-electron chi connectivity index (χ4n) is 1.55. The molecule has 1 heteroatoms. The lowest BCUT2D eigenvalue weighted by atomic mass is 10.1. The Morgan fingerprint density at radius 3 is 2.36 bits per heavy atom. The SMILES string of the molecule is C=Cc1ccc(-c2cccn2C)cc1. The first kappa shape index (κ1) is 8.82. The molecule has 0 unspecified atom stereocenters. The van der Waals surface area contributed by atoms with E-state index in [-0.39, 0.29) is 0 Å². The Bertz CT molecular complexity index is 435. The van der Waals surface area contributed by atoms with Gasteiger partial charge in [-0.1, -0.05) is 36.9 Å². The quantitative estimate of drug-likeness (QED) is 0.673. The van der Waals surface area contributed by atoms with Gasteiger partial charge >= 0.3 is 0 Å². The van der Waals surface area contributed by atoms with Crippen LogP contribution in [0.25, 0.3) is 17.3 Å². The molecule has 0 saturated carbocycles. The fourth-order valence-corrected chi connectivity index (χ4v) is 1.55. The van der Waals surface area contributed by atoms with Gasteiger partial charge in [-0.15, -0.1) is 0 Å². The Morgan fingerprint density at radius 2 is 1.86 bits per heavy atom. The predicted molar refractivity (Wildman–Crippen MR) is 60.9 cm³/mol. The van der Waals surface area contributed by atoms with E-state index in [1.54, 1.807) is 0 Å².